The first-order valence-corrected chi connectivity index (χ1v) is 6.26. The van der Waals surface area contributed by atoms with Gasteiger partial charge in [0.1, 0.15) is 0 Å². The van der Waals surface area contributed by atoms with Crippen LogP contribution in [0.4, 0.5) is 5.69 Å². The highest BCUT2D eigenvalue weighted by Crippen LogP contribution is 2.12. The summed E-state index contributed by atoms with van der Waals surface area (Å²) in [7, 11) is 0. The van der Waals surface area contributed by atoms with Gasteiger partial charge in [-0.1, -0.05) is 6.07 Å². The number of anilines is 1. The van der Waals surface area contributed by atoms with Crippen LogP contribution in [0.15, 0.2) is 24.3 Å². The van der Waals surface area contributed by atoms with Gasteiger partial charge in [0.25, 0.3) is 5.91 Å². The fourth-order valence-electron chi connectivity index (χ4n) is 2.03. The highest BCUT2D eigenvalue weighted by molar-refractivity contribution is 5.95. The number of hydrogen-bond donors (Lipinski definition) is 3. The highest BCUT2D eigenvalue weighted by Gasteiger charge is 2.15. The Morgan fingerprint density at radius 1 is 1.44 bits per heavy atom. The average Bonchev–Trinajstić information content (AvgIpc) is 2.46. The van der Waals surface area contributed by atoms with E-state index < -0.39 is 0 Å². The van der Waals surface area contributed by atoms with Gasteiger partial charge in [0.05, 0.1) is 6.10 Å². The molecule has 1 amide bonds. The summed E-state index contributed by atoms with van der Waals surface area (Å²) in [5.41, 5.74) is 3.84. The molecule has 5 nitrogen and oxygen atoms in total. The first-order valence-electron chi connectivity index (χ1n) is 6.26. The molecule has 98 valence electrons. The number of nitrogens with one attached hydrogen (secondary N) is 2. The summed E-state index contributed by atoms with van der Waals surface area (Å²) in [5.74, 6) is 5.21. The lowest BCUT2D eigenvalue weighted by molar-refractivity contribution is 0.0169. The quantitative estimate of drug-likeness (QED) is 0.555. The lowest BCUT2D eigenvalue weighted by atomic mass is 10.1. The highest BCUT2D eigenvalue weighted by atomic mass is 16.5. The van der Waals surface area contributed by atoms with Gasteiger partial charge >= 0.3 is 0 Å². The van der Waals surface area contributed by atoms with Crippen molar-refractivity contribution >= 4 is 11.6 Å². The van der Waals surface area contributed by atoms with E-state index in [0.29, 0.717) is 12.1 Å². The molecule has 2 rings (SSSR count). The lowest BCUT2D eigenvalue weighted by Gasteiger charge is -2.22. The third kappa shape index (κ3) is 3.45. The van der Waals surface area contributed by atoms with E-state index in [4.69, 9.17) is 10.6 Å². The van der Waals surface area contributed by atoms with Gasteiger partial charge in [-0.25, -0.2) is 0 Å². The molecule has 0 aliphatic carbocycles. The predicted molar refractivity (Wildman–Crippen MR) is 70.2 cm³/mol. The van der Waals surface area contributed by atoms with Gasteiger partial charge in [-0.2, -0.15) is 0 Å². The van der Waals surface area contributed by atoms with Crippen LogP contribution in [0.25, 0.3) is 0 Å². The summed E-state index contributed by atoms with van der Waals surface area (Å²) >= 11 is 0. The van der Waals surface area contributed by atoms with Crippen LogP contribution in [0.5, 0.6) is 0 Å². The Bertz CT molecular complexity index is 403. The van der Waals surface area contributed by atoms with Crippen LogP contribution in [0, 0.1) is 0 Å². The molecule has 0 saturated carbocycles. The topological polar surface area (TPSA) is 76.4 Å². The Labute approximate surface area is 107 Å². The SMILES string of the molecule is NNc1cccc(C(=O)NCC2CCCCO2)c1. The van der Waals surface area contributed by atoms with E-state index in [1.54, 1.807) is 24.3 Å². The molecule has 1 unspecified atom stereocenters. The second-order valence-electron chi connectivity index (χ2n) is 4.42. The molecule has 0 radical (unpaired) electrons. The summed E-state index contributed by atoms with van der Waals surface area (Å²) in [6.45, 7) is 1.37. The van der Waals surface area contributed by atoms with Gasteiger partial charge in [-0.3, -0.25) is 10.6 Å². The maximum atomic E-state index is 11.9. The minimum absolute atomic E-state index is 0.0960. The zero-order chi connectivity index (χ0) is 12.8. The van der Waals surface area contributed by atoms with Crippen molar-refractivity contribution in [2.24, 2.45) is 5.84 Å². The molecule has 1 heterocycles. The standard InChI is InChI=1S/C13H19N3O2/c14-16-11-5-3-4-10(8-11)13(17)15-9-12-6-1-2-7-18-12/h3-5,8,12,16H,1-2,6-7,9,14H2,(H,15,17). The van der Waals surface area contributed by atoms with E-state index in [9.17, 15) is 4.79 Å². The van der Waals surface area contributed by atoms with Crippen LogP contribution in [0.2, 0.25) is 0 Å². The van der Waals surface area contributed by atoms with Crippen molar-refractivity contribution in [2.75, 3.05) is 18.6 Å². The zero-order valence-electron chi connectivity index (χ0n) is 10.3. The molecule has 5 heteroatoms. The molecule has 18 heavy (non-hydrogen) atoms. The van der Waals surface area contributed by atoms with Crippen LogP contribution < -0.4 is 16.6 Å². The van der Waals surface area contributed by atoms with Crippen molar-refractivity contribution < 1.29 is 9.53 Å². The Hall–Kier alpha value is -1.59. The molecule has 0 bridgehead atoms. The Balaban J connectivity index is 1.86. The summed E-state index contributed by atoms with van der Waals surface area (Å²) in [6.07, 6.45) is 3.46. The normalized spacial score (nSPS) is 19.3. The average molecular weight is 249 g/mol. The van der Waals surface area contributed by atoms with Crippen LogP contribution in [-0.4, -0.2) is 25.2 Å². The largest absolute Gasteiger partial charge is 0.376 e. The molecular weight excluding hydrogens is 230 g/mol. The Kier molecular flexibility index (Phi) is 4.55. The predicted octanol–water partition coefficient (Wildman–Crippen LogP) is 1.27. The molecule has 1 saturated heterocycles. The number of ether oxygens (including phenoxy) is 1. The molecule has 1 fully saturated rings. The molecule has 1 aliphatic rings. The monoisotopic (exact) mass is 249 g/mol. The van der Waals surface area contributed by atoms with E-state index in [-0.39, 0.29) is 12.0 Å². The smallest absolute Gasteiger partial charge is 0.251 e. The maximum Gasteiger partial charge on any atom is 0.251 e. The van der Waals surface area contributed by atoms with Crippen LogP contribution in [0.3, 0.4) is 0 Å². The van der Waals surface area contributed by atoms with Crippen molar-refractivity contribution in [3.8, 4) is 0 Å². The molecule has 0 aromatic heterocycles. The molecular formula is C13H19N3O2. The first-order chi connectivity index (χ1) is 8.79. The molecule has 4 N–H and O–H groups in total. The number of amides is 1. The van der Waals surface area contributed by atoms with Crippen LogP contribution >= 0.6 is 0 Å². The number of hydrogen-bond acceptors (Lipinski definition) is 4. The van der Waals surface area contributed by atoms with E-state index in [1.165, 1.54) is 6.42 Å². The second kappa shape index (κ2) is 6.37. The molecule has 1 aromatic rings. The minimum Gasteiger partial charge on any atom is -0.376 e. The van der Waals surface area contributed by atoms with Crippen molar-refractivity contribution in [3.05, 3.63) is 29.8 Å². The molecule has 1 atom stereocenters. The number of carbonyl (C=O) groups is 1. The number of carbonyl (C=O) groups excluding carboxylic acids is 1. The van der Waals surface area contributed by atoms with E-state index in [2.05, 4.69) is 10.7 Å². The third-order valence-electron chi connectivity index (χ3n) is 3.06. The van der Waals surface area contributed by atoms with Gasteiger partial charge in [-0.15, -0.1) is 0 Å². The van der Waals surface area contributed by atoms with E-state index in [0.717, 1.165) is 25.1 Å². The van der Waals surface area contributed by atoms with Crippen LogP contribution in [-0.2, 0) is 4.74 Å². The van der Waals surface area contributed by atoms with Gasteiger partial charge in [0.15, 0.2) is 0 Å². The van der Waals surface area contributed by atoms with Gasteiger partial charge in [-0.05, 0) is 37.5 Å². The maximum absolute atomic E-state index is 11.9. The molecule has 1 aliphatic heterocycles. The van der Waals surface area contributed by atoms with Crippen molar-refractivity contribution in [1.82, 2.24) is 5.32 Å². The third-order valence-corrected chi connectivity index (χ3v) is 3.06. The van der Waals surface area contributed by atoms with Crippen molar-refractivity contribution in [1.29, 1.82) is 0 Å². The fraction of sp³-hybridized carbons (Fsp3) is 0.462. The molecule has 1 aromatic carbocycles. The van der Waals surface area contributed by atoms with Gasteiger partial charge in [0, 0.05) is 24.4 Å². The number of benzene rings is 1. The lowest BCUT2D eigenvalue weighted by Crippen LogP contribution is -2.35. The van der Waals surface area contributed by atoms with E-state index in [1.807, 2.05) is 0 Å². The van der Waals surface area contributed by atoms with Gasteiger partial charge in [0.2, 0.25) is 0 Å². The number of rotatable bonds is 4. The summed E-state index contributed by atoms with van der Waals surface area (Å²) < 4.78 is 5.56. The summed E-state index contributed by atoms with van der Waals surface area (Å²) in [5, 5.41) is 2.89. The second-order valence-corrected chi connectivity index (χ2v) is 4.42. The minimum atomic E-state index is -0.0960. The van der Waals surface area contributed by atoms with Gasteiger partial charge < -0.3 is 15.5 Å². The van der Waals surface area contributed by atoms with Crippen molar-refractivity contribution in [2.45, 2.75) is 25.4 Å². The summed E-state index contributed by atoms with van der Waals surface area (Å²) in [4.78, 5) is 11.9. The van der Waals surface area contributed by atoms with Crippen molar-refractivity contribution in [3.63, 3.8) is 0 Å². The number of nitrogen functional groups attached to an aromatic ring is 1. The summed E-state index contributed by atoms with van der Waals surface area (Å²) in [6, 6.07) is 7.08. The number of hydrazine groups is 1. The Morgan fingerprint density at radius 2 is 2.33 bits per heavy atom. The number of nitrogens with two attached hydrogens (primary N) is 1. The molecule has 0 spiro atoms. The fourth-order valence-corrected chi connectivity index (χ4v) is 2.03. The van der Waals surface area contributed by atoms with Crippen LogP contribution in [0.1, 0.15) is 29.6 Å². The first kappa shape index (κ1) is 12.9. The van der Waals surface area contributed by atoms with E-state index >= 15 is 0 Å². The zero-order valence-corrected chi connectivity index (χ0v) is 10.3. The Morgan fingerprint density at radius 3 is 3.06 bits per heavy atom.